The Morgan fingerprint density at radius 1 is 1.38 bits per heavy atom. The summed E-state index contributed by atoms with van der Waals surface area (Å²) in [7, 11) is 0. The Hall–Kier alpha value is -0.600. The first-order valence-corrected chi connectivity index (χ1v) is 6.25. The molecule has 0 radical (unpaired) electrons. The molecular weight excluding hydrogens is 225 g/mol. The topological polar surface area (TPSA) is 12.0 Å². The van der Waals surface area contributed by atoms with Crippen LogP contribution in [0.2, 0.25) is 5.02 Å². The predicted molar refractivity (Wildman–Crippen MR) is 67.4 cm³/mol. The molecule has 0 fully saturated rings. The van der Waals surface area contributed by atoms with Crippen LogP contribution in [-0.2, 0) is 0 Å². The van der Waals surface area contributed by atoms with E-state index in [1.165, 1.54) is 6.07 Å². The summed E-state index contributed by atoms with van der Waals surface area (Å²) in [4.78, 5) is 0. The van der Waals surface area contributed by atoms with Gasteiger partial charge in [-0.2, -0.15) is 0 Å². The quantitative estimate of drug-likeness (QED) is 0.785. The van der Waals surface area contributed by atoms with E-state index in [2.05, 4.69) is 12.2 Å². The summed E-state index contributed by atoms with van der Waals surface area (Å²) in [5.74, 6) is -0.213. The van der Waals surface area contributed by atoms with E-state index in [9.17, 15) is 4.39 Å². The first kappa shape index (κ1) is 13.5. The van der Waals surface area contributed by atoms with E-state index < -0.39 is 0 Å². The molecule has 1 unspecified atom stereocenters. The van der Waals surface area contributed by atoms with E-state index in [1.807, 2.05) is 6.92 Å². The van der Waals surface area contributed by atoms with E-state index in [0.717, 1.165) is 31.4 Å². The second-order valence-corrected chi connectivity index (χ2v) is 4.35. The van der Waals surface area contributed by atoms with Gasteiger partial charge >= 0.3 is 0 Å². The Kier molecular flexibility index (Phi) is 5.78. The van der Waals surface area contributed by atoms with Gasteiger partial charge in [0.15, 0.2) is 0 Å². The smallest absolute Gasteiger partial charge is 0.129 e. The van der Waals surface area contributed by atoms with Crippen LogP contribution in [-0.4, -0.2) is 6.54 Å². The summed E-state index contributed by atoms with van der Waals surface area (Å²) >= 11 is 5.74. The summed E-state index contributed by atoms with van der Waals surface area (Å²) < 4.78 is 13.7. The fraction of sp³-hybridized carbons (Fsp3) is 0.538. The van der Waals surface area contributed by atoms with Crippen molar-refractivity contribution in [3.63, 3.8) is 0 Å². The number of nitrogens with one attached hydrogen (secondary N) is 1. The van der Waals surface area contributed by atoms with Crippen molar-refractivity contribution < 1.29 is 4.39 Å². The van der Waals surface area contributed by atoms with Crippen LogP contribution in [0.25, 0.3) is 0 Å². The van der Waals surface area contributed by atoms with Gasteiger partial charge in [-0.1, -0.05) is 44.4 Å². The van der Waals surface area contributed by atoms with E-state index >= 15 is 0 Å². The molecule has 0 aliphatic rings. The largest absolute Gasteiger partial charge is 0.310 e. The lowest BCUT2D eigenvalue weighted by molar-refractivity contribution is 0.470. The molecule has 16 heavy (non-hydrogen) atoms. The molecule has 1 rings (SSSR count). The van der Waals surface area contributed by atoms with Crippen LogP contribution in [0.3, 0.4) is 0 Å². The zero-order chi connectivity index (χ0) is 12.0. The van der Waals surface area contributed by atoms with Crippen LogP contribution >= 0.6 is 11.6 Å². The maximum atomic E-state index is 13.7. The molecule has 0 saturated carbocycles. The third-order valence-electron chi connectivity index (χ3n) is 2.63. The first-order chi connectivity index (χ1) is 7.69. The lowest BCUT2D eigenvalue weighted by Gasteiger charge is -2.18. The predicted octanol–water partition coefficient (Wildman–Crippen LogP) is 4.32. The molecule has 0 aromatic heterocycles. The molecular formula is C13H19ClFN. The number of rotatable bonds is 6. The van der Waals surface area contributed by atoms with Crippen LogP contribution < -0.4 is 5.32 Å². The average Bonchev–Trinajstić information content (AvgIpc) is 2.25. The molecule has 1 N–H and O–H groups in total. The minimum atomic E-state index is -0.213. The highest BCUT2D eigenvalue weighted by molar-refractivity contribution is 6.30. The van der Waals surface area contributed by atoms with Gasteiger partial charge in [-0.3, -0.25) is 0 Å². The third kappa shape index (κ3) is 3.76. The van der Waals surface area contributed by atoms with Gasteiger partial charge in [0, 0.05) is 16.6 Å². The lowest BCUT2D eigenvalue weighted by atomic mass is 10.0. The molecule has 0 amide bonds. The van der Waals surface area contributed by atoms with Gasteiger partial charge in [0.2, 0.25) is 0 Å². The molecule has 0 spiro atoms. The molecule has 90 valence electrons. The Balaban J connectivity index is 2.82. The maximum absolute atomic E-state index is 13.7. The minimum absolute atomic E-state index is 0.0993. The molecule has 0 aliphatic heterocycles. The monoisotopic (exact) mass is 243 g/mol. The van der Waals surface area contributed by atoms with Crippen LogP contribution in [0, 0.1) is 5.82 Å². The highest BCUT2D eigenvalue weighted by atomic mass is 35.5. The summed E-state index contributed by atoms with van der Waals surface area (Å²) in [6, 6.07) is 5.01. The van der Waals surface area contributed by atoms with Crippen molar-refractivity contribution in [2.24, 2.45) is 0 Å². The normalized spacial score (nSPS) is 12.8. The van der Waals surface area contributed by atoms with Gasteiger partial charge in [0.1, 0.15) is 5.82 Å². The number of hydrogen-bond donors (Lipinski definition) is 1. The third-order valence-corrected chi connectivity index (χ3v) is 2.87. The van der Waals surface area contributed by atoms with Crippen molar-refractivity contribution in [1.82, 2.24) is 5.32 Å². The van der Waals surface area contributed by atoms with Gasteiger partial charge in [0.25, 0.3) is 0 Å². The molecule has 0 bridgehead atoms. The molecule has 1 atom stereocenters. The van der Waals surface area contributed by atoms with Crippen molar-refractivity contribution in [2.45, 2.75) is 39.2 Å². The molecule has 0 aliphatic carbocycles. The Morgan fingerprint density at radius 3 is 2.69 bits per heavy atom. The number of unbranched alkanes of at least 4 members (excludes halogenated alkanes) is 1. The van der Waals surface area contributed by atoms with E-state index in [4.69, 9.17) is 11.6 Å². The SMILES string of the molecule is CCCCC(NCC)c1ccc(Cl)cc1F. The van der Waals surface area contributed by atoms with Crippen molar-refractivity contribution >= 4 is 11.6 Å². The minimum Gasteiger partial charge on any atom is -0.310 e. The zero-order valence-electron chi connectivity index (χ0n) is 9.89. The van der Waals surface area contributed by atoms with Crippen molar-refractivity contribution in [3.05, 3.63) is 34.6 Å². The van der Waals surface area contributed by atoms with Gasteiger partial charge in [-0.25, -0.2) is 4.39 Å². The summed E-state index contributed by atoms with van der Waals surface area (Å²) in [6.07, 6.45) is 3.18. The highest BCUT2D eigenvalue weighted by Gasteiger charge is 2.14. The van der Waals surface area contributed by atoms with Crippen molar-refractivity contribution in [3.8, 4) is 0 Å². The van der Waals surface area contributed by atoms with E-state index in [0.29, 0.717) is 5.02 Å². The Labute approximate surface area is 102 Å². The maximum Gasteiger partial charge on any atom is 0.129 e. The molecule has 0 saturated heterocycles. The lowest BCUT2D eigenvalue weighted by Crippen LogP contribution is -2.21. The number of halogens is 2. The van der Waals surface area contributed by atoms with Crippen LogP contribution in [0.15, 0.2) is 18.2 Å². The van der Waals surface area contributed by atoms with Crippen molar-refractivity contribution in [1.29, 1.82) is 0 Å². The van der Waals surface area contributed by atoms with E-state index in [-0.39, 0.29) is 11.9 Å². The fourth-order valence-electron chi connectivity index (χ4n) is 1.81. The van der Waals surface area contributed by atoms with E-state index in [1.54, 1.807) is 12.1 Å². The number of hydrogen-bond acceptors (Lipinski definition) is 1. The second kappa shape index (κ2) is 6.87. The molecule has 3 heteroatoms. The fourth-order valence-corrected chi connectivity index (χ4v) is 1.97. The van der Waals surface area contributed by atoms with Gasteiger partial charge in [0.05, 0.1) is 0 Å². The molecule has 1 aromatic rings. The Bertz CT molecular complexity index is 328. The van der Waals surface area contributed by atoms with Gasteiger partial charge in [-0.15, -0.1) is 0 Å². The number of benzene rings is 1. The average molecular weight is 244 g/mol. The molecule has 1 nitrogen and oxygen atoms in total. The van der Waals surface area contributed by atoms with Gasteiger partial charge < -0.3 is 5.32 Å². The summed E-state index contributed by atoms with van der Waals surface area (Å²) in [5.41, 5.74) is 0.722. The Morgan fingerprint density at radius 2 is 2.12 bits per heavy atom. The first-order valence-electron chi connectivity index (χ1n) is 5.87. The van der Waals surface area contributed by atoms with Gasteiger partial charge in [-0.05, 0) is 25.1 Å². The molecule has 1 aromatic carbocycles. The standard InChI is InChI=1S/C13H19ClFN/c1-3-5-6-13(16-4-2)11-8-7-10(14)9-12(11)15/h7-9,13,16H,3-6H2,1-2H3. The van der Waals surface area contributed by atoms with Crippen LogP contribution in [0.1, 0.15) is 44.7 Å². The summed E-state index contributed by atoms with van der Waals surface area (Å²) in [5, 5.41) is 3.76. The second-order valence-electron chi connectivity index (χ2n) is 3.92. The zero-order valence-corrected chi connectivity index (χ0v) is 10.6. The van der Waals surface area contributed by atoms with Crippen LogP contribution in [0.4, 0.5) is 4.39 Å². The highest BCUT2D eigenvalue weighted by Crippen LogP contribution is 2.24. The van der Waals surface area contributed by atoms with Crippen molar-refractivity contribution in [2.75, 3.05) is 6.54 Å². The summed E-state index contributed by atoms with van der Waals surface area (Å²) in [6.45, 7) is 5.02. The molecule has 0 heterocycles. The van der Waals surface area contributed by atoms with Crippen LogP contribution in [0.5, 0.6) is 0 Å².